The molecule has 1 aromatic carbocycles. The van der Waals surface area contributed by atoms with Crippen molar-refractivity contribution in [3.8, 4) is 5.75 Å². The minimum atomic E-state index is -0.924. The molecular formula is C18H22N4O3. The summed E-state index contributed by atoms with van der Waals surface area (Å²) in [5, 5.41) is 8.87. The first-order valence-electron chi connectivity index (χ1n) is 8.43. The third-order valence-corrected chi connectivity index (χ3v) is 4.20. The highest BCUT2D eigenvalue weighted by Crippen LogP contribution is 2.13. The van der Waals surface area contributed by atoms with Crippen molar-refractivity contribution in [1.29, 1.82) is 0 Å². The summed E-state index contributed by atoms with van der Waals surface area (Å²) >= 11 is 0. The fraction of sp³-hybridized carbons (Fsp3) is 0.389. The Hall–Kier alpha value is -2.67. The third kappa shape index (κ3) is 4.90. The normalized spacial score (nSPS) is 15.1. The molecule has 3 rings (SSSR count). The van der Waals surface area contributed by atoms with E-state index in [0.717, 1.165) is 45.1 Å². The number of hydrogen-bond acceptors (Lipinski definition) is 6. The van der Waals surface area contributed by atoms with E-state index in [0.29, 0.717) is 12.4 Å². The standard InChI is InChI=1S/C18H22N4O3/c23-17(24)15-3-5-16(6-4-15)25-14-2-9-21-10-12-22(13-11-21)18-19-7-1-8-20-18/h1,3-8H,2,9-14H2,(H,23,24). The second-order valence-corrected chi connectivity index (χ2v) is 5.91. The van der Waals surface area contributed by atoms with Crippen LogP contribution in [0.2, 0.25) is 0 Å². The van der Waals surface area contributed by atoms with Gasteiger partial charge in [-0.15, -0.1) is 0 Å². The zero-order chi connectivity index (χ0) is 17.5. The van der Waals surface area contributed by atoms with Gasteiger partial charge in [0.1, 0.15) is 5.75 Å². The van der Waals surface area contributed by atoms with Crippen molar-refractivity contribution in [2.24, 2.45) is 0 Å². The average Bonchev–Trinajstić information content (AvgIpc) is 2.67. The van der Waals surface area contributed by atoms with E-state index in [-0.39, 0.29) is 5.56 Å². The predicted molar refractivity (Wildman–Crippen MR) is 94.2 cm³/mol. The van der Waals surface area contributed by atoms with Crippen LogP contribution in [0.15, 0.2) is 42.7 Å². The molecule has 1 saturated heterocycles. The van der Waals surface area contributed by atoms with Crippen molar-refractivity contribution in [2.45, 2.75) is 6.42 Å². The highest BCUT2D eigenvalue weighted by molar-refractivity contribution is 5.87. The first kappa shape index (κ1) is 17.2. The molecule has 0 spiro atoms. The molecular weight excluding hydrogens is 320 g/mol. The number of nitrogens with zero attached hydrogens (tertiary/aromatic N) is 4. The monoisotopic (exact) mass is 342 g/mol. The summed E-state index contributed by atoms with van der Waals surface area (Å²) in [5.74, 6) is 0.581. The van der Waals surface area contributed by atoms with Crippen LogP contribution in [0.3, 0.4) is 0 Å². The molecule has 0 aliphatic carbocycles. The lowest BCUT2D eigenvalue weighted by Crippen LogP contribution is -2.47. The van der Waals surface area contributed by atoms with Gasteiger partial charge in [-0.2, -0.15) is 0 Å². The van der Waals surface area contributed by atoms with E-state index < -0.39 is 5.97 Å². The number of anilines is 1. The number of piperazine rings is 1. The number of aromatic carboxylic acids is 1. The second kappa shape index (κ2) is 8.43. The molecule has 1 fully saturated rings. The number of benzene rings is 1. The number of hydrogen-bond donors (Lipinski definition) is 1. The largest absolute Gasteiger partial charge is 0.494 e. The van der Waals surface area contributed by atoms with Crippen LogP contribution in [-0.2, 0) is 0 Å². The predicted octanol–water partition coefficient (Wildman–Crippen LogP) is 1.77. The summed E-state index contributed by atoms with van der Waals surface area (Å²) < 4.78 is 5.67. The van der Waals surface area contributed by atoms with Crippen LogP contribution in [0.1, 0.15) is 16.8 Å². The van der Waals surface area contributed by atoms with Crippen molar-refractivity contribution >= 4 is 11.9 Å². The van der Waals surface area contributed by atoms with Gasteiger partial charge < -0.3 is 14.7 Å². The molecule has 0 amide bonds. The fourth-order valence-electron chi connectivity index (χ4n) is 2.80. The van der Waals surface area contributed by atoms with Gasteiger partial charge in [0.2, 0.25) is 5.95 Å². The van der Waals surface area contributed by atoms with E-state index in [2.05, 4.69) is 19.8 Å². The molecule has 2 aromatic rings. The average molecular weight is 342 g/mol. The number of carbonyl (C=O) groups is 1. The Morgan fingerprint density at radius 1 is 1.08 bits per heavy atom. The number of carboxylic acids is 1. The molecule has 0 atom stereocenters. The summed E-state index contributed by atoms with van der Waals surface area (Å²) in [7, 11) is 0. The Kier molecular flexibility index (Phi) is 5.79. The van der Waals surface area contributed by atoms with E-state index in [1.165, 1.54) is 0 Å². The minimum absolute atomic E-state index is 0.271. The summed E-state index contributed by atoms with van der Waals surface area (Å²) in [6.45, 7) is 5.45. The van der Waals surface area contributed by atoms with Gasteiger partial charge in [0.15, 0.2) is 0 Å². The van der Waals surface area contributed by atoms with Crippen LogP contribution in [-0.4, -0.2) is 65.3 Å². The zero-order valence-electron chi connectivity index (χ0n) is 14.0. The number of aromatic nitrogens is 2. The Labute approximate surface area is 146 Å². The minimum Gasteiger partial charge on any atom is -0.494 e. The van der Waals surface area contributed by atoms with Gasteiger partial charge in [-0.3, -0.25) is 4.90 Å². The van der Waals surface area contributed by atoms with Crippen LogP contribution in [0.4, 0.5) is 5.95 Å². The lowest BCUT2D eigenvalue weighted by atomic mass is 10.2. The highest BCUT2D eigenvalue weighted by Gasteiger charge is 2.18. The van der Waals surface area contributed by atoms with Crippen LogP contribution < -0.4 is 9.64 Å². The number of ether oxygens (including phenoxy) is 1. The zero-order valence-corrected chi connectivity index (χ0v) is 14.0. The van der Waals surface area contributed by atoms with Crippen LogP contribution in [0.5, 0.6) is 5.75 Å². The van der Waals surface area contributed by atoms with E-state index in [9.17, 15) is 4.79 Å². The number of carboxylic acid groups (broad SMARTS) is 1. The van der Waals surface area contributed by atoms with Gasteiger partial charge in [0.05, 0.1) is 12.2 Å². The Bertz CT molecular complexity index is 670. The Morgan fingerprint density at radius 2 is 1.76 bits per heavy atom. The first-order valence-corrected chi connectivity index (χ1v) is 8.43. The lowest BCUT2D eigenvalue weighted by Gasteiger charge is -2.34. The summed E-state index contributed by atoms with van der Waals surface area (Å²) in [4.78, 5) is 24.0. The topological polar surface area (TPSA) is 78.8 Å². The van der Waals surface area contributed by atoms with Gasteiger partial charge in [0.25, 0.3) is 0 Å². The molecule has 1 aliphatic heterocycles. The molecule has 132 valence electrons. The Morgan fingerprint density at radius 3 is 2.40 bits per heavy atom. The quantitative estimate of drug-likeness (QED) is 0.768. The molecule has 1 aromatic heterocycles. The molecule has 0 bridgehead atoms. The molecule has 0 unspecified atom stereocenters. The summed E-state index contributed by atoms with van der Waals surface area (Å²) in [6.07, 6.45) is 4.48. The van der Waals surface area contributed by atoms with Crippen molar-refractivity contribution in [2.75, 3.05) is 44.2 Å². The first-order chi connectivity index (χ1) is 12.2. The van der Waals surface area contributed by atoms with Crippen LogP contribution in [0, 0.1) is 0 Å². The van der Waals surface area contributed by atoms with Crippen molar-refractivity contribution in [1.82, 2.24) is 14.9 Å². The summed E-state index contributed by atoms with van der Waals surface area (Å²) in [5.41, 5.74) is 0.271. The maximum atomic E-state index is 10.8. The van der Waals surface area contributed by atoms with E-state index in [1.54, 1.807) is 36.7 Å². The molecule has 7 nitrogen and oxygen atoms in total. The van der Waals surface area contributed by atoms with Gasteiger partial charge in [-0.25, -0.2) is 14.8 Å². The summed E-state index contributed by atoms with van der Waals surface area (Å²) in [6, 6.07) is 8.34. The Balaban J connectivity index is 1.34. The SMILES string of the molecule is O=C(O)c1ccc(OCCCN2CCN(c3ncccn3)CC2)cc1. The van der Waals surface area contributed by atoms with Crippen LogP contribution in [0.25, 0.3) is 0 Å². The van der Waals surface area contributed by atoms with E-state index >= 15 is 0 Å². The van der Waals surface area contributed by atoms with Crippen LogP contribution >= 0.6 is 0 Å². The maximum Gasteiger partial charge on any atom is 0.335 e. The lowest BCUT2D eigenvalue weighted by molar-refractivity contribution is 0.0697. The third-order valence-electron chi connectivity index (χ3n) is 4.20. The second-order valence-electron chi connectivity index (χ2n) is 5.91. The molecule has 25 heavy (non-hydrogen) atoms. The molecule has 1 aliphatic rings. The highest BCUT2D eigenvalue weighted by atomic mass is 16.5. The van der Waals surface area contributed by atoms with Crippen molar-refractivity contribution in [3.63, 3.8) is 0 Å². The van der Waals surface area contributed by atoms with Gasteiger partial charge in [-0.05, 0) is 36.8 Å². The molecule has 0 radical (unpaired) electrons. The fourth-order valence-corrected chi connectivity index (χ4v) is 2.80. The molecule has 1 N–H and O–H groups in total. The number of rotatable bonds is 7. The molecule has 7 heteroatoms. The van der Waals surface area contributed by atoms with Crippen molar-refractivity contribution in [3.05, 3.63) is 48.3 Å². The van der Waals surface area contributed by atoms with Gasteiger partial charge in [-0.1, -0.05) is 0 Å². The smallest absolute Gasteiger partial charge is 0.335 e. The van der Waals surface area contributed by atoms with Gasteiger partial charge in [0, 0.05) is 45.1 Å². The van der Waals surface area contributed by atoms with E-state index in [1.807, 2.05) is 6.07 Å². The maximum absolute atomic E-state index is 10.8. The van der Waals surface area contributed by atoms with E-state index in [4.69, 9.17) is 9.84 Å². The molecule has 0 saturated carbocycles. The molecule has 2 heterocycles. The van der Waals surface area contributed by atoms with Crippen molar-refractivity contribution < 1.29 is 14.6 Å². The van der Waals surface area contributed by atoms with Gasteiger partial charge >= 0.3 is 5.97 Å².